The van der Waals surface area contributed by atoms with Crippen LogP contribution in [-0.4, -0.2) is 16.3 Å². The number of rotatable bonds is 4. The van der Waals surface area contributed by atoms with Crippen LogP contribution in [0.4, 0.5) is 4.39 Å². The molecular weight excluding hydrogens is 253 g/mol. The first-order valence-electron chi connectivity index (χ1n) is 5.33. The number of aromatic nitrogens is 1. The van der Waals surface area contributed by atoms with Gasteiger partial charge in [0.15, 0.2) is 0 Å². The van der Waals surface area contributed by atoms with E-state index in [4.69, 9.17) is 4.74 Å². The Morgan fingerprint density at radius 3 is 2.78 bits per heavy atom. The van der Waals surface area contributed by atoms with Crippen LogP contribution in [0.3, 0.4) is 0 Å². The minimum absolute atomic E-state index is 0.179. The lowest BCUT2D eigenvalue weighted by molar-refractivity contribution is 0.394. The molecule has 0 bridgehead atoms. The number of hydrogen-bond acceptors (Lipinski definition) is 3. The highest BCUT2D eigenvalue weighted by atomic mass is 32.2. The van der Waals surface area contributed by atoms with Crippen LogP contribution in [0.25, 0.3) is 0 Å². The van der Waals surface area contributed by atoms with E-state index >= 15 is 0 Å². The molecule has 18 heavy (non-hydrogen) atoms. The fraction of sp³-hybridized carbons (Fsp3) is 0.154. The van der Waals surface area contributed by atoms with E-state index in [1.807, 2.05) is 0 Å². The Morgan fingerprint density at radius 1 is 1.28 bits per heavy atom. The van der Waals surface area contributed by atoms with Crippen LogP contribution < -0.4 is 4.74 Å². The summed E-state index contributed by atoms with van der Waals surface area (Å²) in [6.07, 6.45) is 1.59. The standard InChI is InChI=1S/C13H12FNO2S/c1-17-13-10(5-4-8-15-13)9-18(16)12-7-3-2-6-11(12)14/h2-8H,9H2,1H3. The molecule has 2 aromatic rings. The van der Waals surface area contributed by atoms with Crippen molar-refractivity contribution in [2.45, 2.75) is 10.6 Å². The van der Waals surface area contributed by atoms with Crippen molar-refractivity contribution in [2.75, 3.05) is 7.11 Å². The van der Waals surface area contributed by atoms with E-state index < -0.39 is 16.6 Å². The van der Waals surface area contributed by atoms with Crippen molar-refractivity contribution in [1.29, 1.82) is 0 Å². The van der Waals surface area contributed by atoms with Gasteiger partial charge in [0.05, 0.1) is 28.6 Å². The van der Waals surface area contributed by atoms with Gasteiger partial charge < -0.3 is 4.74 Å². The number of ether oxygens (including phenoxy) is 1. The molecule has 3 nitrogen and oxygen atoms in total. The zero-order chi connectivity index (χ0) is 13.0. The van der Waals surface area contributed by atoms with E-state index in [1.165, 1.54) is 19.2 Å². The molecule has 0 aliphatic rings. The van der Waals surface area contributed by atoms with Crippen molar-refractivity contribution in [2.24, 2.45) is 0 Å². The van der Waals surface area contributed by atoms with Gasteiger partial charge in [-0.1, -0.05) is 18.2 Å². The van der Waals surface area contributed by atoms with Gasteiger partial charge in [-0.05, 0) is 18.2 Å². The molecule has 0 radical (unpaired) electrons. The molecule has 0 spiro atoms. The van der Waals surface area contributed by atoms with Gasteiger partial charge in [-0.15, -0.1) is 0 Å². The van der Waals surface area contributed by atoms with Gasteiger partial charge in [0.2, 0.25) is 5.88 Å². The molecule has 1 aromatic heterocycles. The van der Waals surface area contributed by atoms with Crippen LogP contribution >= 0.6 is 0 Å². The van der Waals surface area contributed by atoms with Gasteiger partial charge in [0.1, 0.15) is 5.82 Å². The highest BCUT2D eigenvalue weighted by Crippen LogP contribution is 2.20. The summed E-state index contributed by atoms with van der Waals surface area (Å²) in [6.45, 7) is 0. The SMILES string of the molecule is COc1ncccc1CS(=O)c1ccccc1F. The Morgan fingerprint density at radius 2 is 2.06 bits per heavy atom. The maximum atomic E-state index is 13.5. The predicted molar refractivity (Wildman–Crippen MR) is 67.3 cm³/mol. The smallest absolute Gasteiger partial charge is 0.217 e. The summed E-state index contributed by atoms with van der Waals surface area (Å²) >= 11 is 0. The van der Waals surface area contributed by atoms with E-state index in [0.29, 0.717) is 11.4 Å². The summed E-state index contributed by atoms with van der Waals surface area (Å²) < 4.78 is 30.6. The minimum Gasteiger partial charge on any atom is -0.481 e. The maximum Gasteiger partial charge on any atom is 0.217 e. The molecule has 0 aliphatic heterocycles. The second kappa shape index (κ2) is 5.73. The van der Waals surface area contributed by atoms with Crippen molar-refractivity contribution in [1.82, 2.24) is 4.98 Å². The first kappa shape index (κ1) is 12.7. The zero-order valence-corrected chi connectivity index (χ0v) is 10.6. The lowest BCUT2D eigenvalue weighted by Crippen LogP contribution is -2.02. The second-order valence-corrected chi connectivity index (χ2v) is 5.01. The third-order valence-electron chi connectivity index (χ3n) is 2.41. The van der Waals surface area contributed by atoms with Gasteiger partial charge in [0.25, 0.3) is 0 Å². The predicted octanol–water partition coefficient (Wildman–Crippen LogP) is 2.54. The molecule has 0 N–H and O–H groups in total. The van der Waals surface area contributed by atoms with Crippen LogP contribution in [0.5, 0.6) is 5.88 Å². The summed E-state index contributed by atoms with van der Waals surface area (Å²) in [5, 5.41) is 0. The molecule has 94 valence electrons. The third kappa shape index (κ3) is 2.73. The fourth-order valence-electron chi connectivity index (χ4n) is 1.57. The highest BCUT2D eigenvalue weighted by Gasteiger charge is 2.13. The summed E-state index contributed by atoms with van der Waals surface area (Å²) in [5.41, 5.74) is 0.696. The van der Waals surface area contributed by atoms with Gasteiger partial charge in [-0.25, -0.2) is 9.37 Å². The summed E-state index contributed by atoms with van der Waals surface area (Å²) in [5.74, 6) is 0.138. The number of pyridine rings is 1. The minimum atomic E-state index is -1.45. The van der Waals surface area contributed by atoms with Crippen molar-refractivity contribution in [3.8, 4) is 5.88 Å². The Balaban J connectivity index is 2.24. The Kier molecular flexibility index (Phi) is 4.04. The summed E-state index contributed by atoms with van der Waals surface area (Å²) in [6, 6.07) is 9.56. The molecule has 5 heteroatoms. The van der Waals surface area contributed by atoms with E-state index in [9.17, 15) is 8.60 Å². The van der Waals surface area contributed by atoms with Crippen LogP contribution in [-0.2, 0) is 16.6 Å². The Bertz CT molecular complexity index is 574. The molecule has 0 fully saturated rings. The van der Waals surface area contributed by atoms with Crippen molar-refractivity contribution < 1.29 is 13.3 Å². The average molecular weight is 265 g/mol. The largest absolute Gasteiger partial charge is 0.481 e. The van der Waals surface area contributed by atoms with Gasteiger partial charge in [-0.2, -0.15) is 0 Å². The van der Waals surface area contributed by atoms with E-state index in [0.717, 1.165) is 0 Å². The topological polar surface area (TPSA) is 39.2 Å². The number of hydrogen-bond donors (Lipinski definition) is 0. The zero-order valence-electron chi connectivity index (χ0n) is 9.80. The van der Waals surface area contributed by atoms with Crippen molar-refractivity contribution in [3.63, 3.8) is 0 Å². The normalized spacial score (nSPS) is 12.1. The lowest BCUT2D eigenvalue weighted by atomic mass is 10.3. The first-order valence-corrected chi connectivity index (χ1v) is 6.65. The van der Waals surface area contributed by atoms with E-state index in [2.05, 4.69) is 4.98 Å². The fourth-order valence-corrected chi connectivity index (χ4v) is 2.74. The number of nitrogens with zero attached hydrogens (tertiary/aromatic N) is 1. The van der Waals surface area contributed by atoms with Gasteiger partial charge >= 0.3 is 0 Å². The molecule has 2 rings (SSSR count). The second-order valence-electron chi connectivity index (χ2n) is 3.59. The molecule has 1 aromatic carbocycles. The highest BCUT2D eigenvalue weighted by molar-refractivity contribution is 7.84. The summed E-state index contributed by atoms with van der Waals surface area (Å²) in [4.78, 5) is 4.21. The Labute approximate surface area is 107 Å². The Hall–Kier alpha value is -1.75. The average Bonchev–Trinajstić information content (AvgIpc) is 2.39. The van der Waals surface area contributed by atoms with Crippen LogP contribution in [0.1, 0.15) is 5.56 Å². The molecule has 1 unspecified atom stereocenters. The van der Waals surface area contributed by atoms with Gasteiger partial charge in [0, 0.05) is 11.8 Å². The molecule has 1 atom stereocenters. The molecule has 0 saturated carbocycles. The van der Waals surface area contributed by atoms with Crippen molar-refractivity contribution >= 4 is 10.8 Å². The molecular formula is C13H12FNO2S. The van der Waals surface area contributed by atoms with E-state index in [1.54, 1.807) is 30.5 Å². The van der Waals surface area contributed by atoms with Crippen LogP contribution in [0.2, 0.25) is 0 Å². The monoisotopic (exact) mass is 265 g/mol. The van der Waals surface area contributed by atoms with E-state index in [-0.39, 0.29) is 10.6 Å². The molecule has 1 heterocycles. The first-order chi connectivity index (χ1) is 8.72. The van der Waals surface area contributed by atoms with Crippen molar-refractivity contribution in [3.05, 3.63) is 54.0 Å². The van der Waals surface area contributed by atoms with Crippen LogP contribution in [0.15, 0.2) is 47.5 Å². The molecule has 0 amide bonds. The molecule has 0 saturated heterocycles. The third-order valence-corrected chi connectivity index (χ3v) is 3.81. The number of methoxy groups -OCH3 is 1. The van der Waals surface area contributed by atoms with Crippen LogP contribution in [0, 0.1) is 5.82 Å². The lowest BCUT2D eigenvalue weighted by Gasteiger charge is -2.07. The summed E-state index contributed by atoms with van der Waals surface area (Å²) in [7, 11) is 0.0450. The van der Waals surface area contributed by atoms with Gasteiger partial charge in [-0.3, -0.25) is 4.21 Å². The maximum absolute atomic E-state index is 13.5. The molecule has 0 aliphatic carbocycles. The quantitative estimate of drug-likeness (QED) is 0.852. The number of benzene rings is 1. The number of halogens is 1.